The molecule has 5 heteroatoms. The number of aryl methyl sites for hydroxylation is 1. The van der Waals surface area contributed by atoms with Crippen LogP contribution in [0, 0.1) is 34.5 Å². The summed E-state index contributed by atoms with van der Waals surface area (Å²) in [5, 5.41) is 17.7. The zero-order valence-electron chi connectivity index (χ0n) is 12.0. The molecule has 1 aromatic rings. The SMILES string of the molecule is CN(C[C@H](C#N)CCC#N)C[C@H]1CCc2nccn2C1. The van der Waals surface area contributed by atoms with Gasteiger partial charge in [-0.05, 0) is 25.8 Å². The van der Waals surface area contributed by atoms with Crippen molar-refractivity contribution in [1.82, 2.24) is 14.5 Å². The standard InChI is InChI=1S/C15H21N5/c1-19(10-13(9-17)3-2-6-16)11-14-4-5-15-18-7-8-20(15)12-14/h7-8,13-14H,2-5,10-12H2,1H3/t13-,14+/m0/s1. The van der Waals surface area contributed by atoms with Crippen molar-refractivity contribution >= 4 is 0 Å². The number of rotatable bonds is 6. The van der Waals surface area contributed by atoms with E-state index < -0.39 is 0 Å². The van der Waals surface area contributed by atoms with Gasteiger partial charge in [0.2, 0.25) is 0 Å². The summed E-state index contributed by atoms with van der Waals surface area (Å²) < 4.78 is 2.24. The van der Waals surface area contributed by atoms with Gasteiger partial charge in [0.05, 0.1) is 18.1 Å². The van der Waals surface area contributed by atoms with E-state index in [1.165, 1.54) is 5.82 Å². The normalized spacial score (nSPS) is 19.1. The molecule has 2 atom stereocenters. The van der Waals surface area contributed by atoms with Gasteiger partial charge in [-0.1, -0.05) is 0 Å². The molecule has 20 heavy (non-hydrogen) atoms. The summed E-state index contributed by atoms with van der Waals surface area (Å²) in [6.45, 7) is 2.78. The third kappa shape index (κ3) is 3.82. The molecular weight excluding hydrogens is 250 g/mol. The van der Waals surface area contributed by atoms with E-state index in [0.29, 0.717) is 18.8 Å². The van der Waals surface area contributed by atoms with Crippen LogP contribution in [0.25, 0.3) is 0 Å². The Morgan fingerprint density at radius 1 is 1.55 bits per heavy atom. The van der Waals surface area contributed by atoms with Gasteiger partial charge in [-0.2, -0.15) is 10.5 Å². The van der Waals surface area contributed by atoms with Gasteiger partial charge in [-0.25, -0.2) is 4.98 Å². The molecule has 0 radical (unpaired) electrons. The van der Waals surface area contributed by atoms with Gasteiger partial charge in [0.1, 0.15) is 5.82 Å². The van der Waals surface area contributed by atoms with Gasteiger partial charge in [0.25, 0.3) is 0 Å². The molecule has 5 nitrogen and oxygen atoms in total. The number of hydrogen-bond donors (Lipinski definition) is 0. The molecule has 0 N–H and O–H groups in total. The molecule has 1 aliphatic rings. The van der Waals surface area contributed by atoms with Crippen LogP contribution < -0.4 is 0 Å². The number of imidazole rings is 1. The summed E-state index contributed by atoms with van der Waals surface area (Å²) >= 11 is 0. The van der Waals surface area contributed by atoms with Crippen LogP contribution in [0.4, 0.5) is 0 Å². The van der Waals surface area contributed by atoms with Crippen LogP contribution >= 0.6 is 0 Å². The Labute approximate surface area is 120 Å². The van der Waals surface area contributed by atoms with Crippen LogP contribution in [0.3, 0.4) is 0 Å². The topological polar surface area (TPSA) is 68.6 Å². The first-order valence-electron chi connectivity index (χ1n) is 7.18. The van der Waals surface area contributed by atoms with Crippen molar-refractivity contribution in [2.75, 3.05) is 20.1 Å². The number of nitriles is 2. The third-order valence-electron chi connectivity index (χ3n) is 3.92. The lowest BCUT2D eigenvalue weighted by atomic mass is 9.98. The summed E-state index contributed by atoms with van der Waals surface area (Å²) in [6.07, 6.45) is 7.27. The molecule has 0 aliphatic carbocycles. The predicted octanol–water partition coefficient (Wildman–Crippen LogP) is 1.82. The van der Waals surface area contributed by atoms with Gasteiger partial charge < -0.3 is 9.47 Å². The van der Waals surface area contributed by atoms with Gasteiger partial charge in [0.15, 0.2) is 0 Å². The van der Waals surface area contributed by atoms with E-state index in [2.05, 4.69) is 33.6 Å². The number of fused-ring (bicyclic) bond motifs is 1. The predicted molar refractivity (Wildman–Crippen MR) is 75.5 cm³/mol. The molecule has 0 spiro atoms. The molecule has 0 saturated carbocycles. The van der Waals surface area contributed by atoms with E-state index in [1.807, 2.05) is 12.4 Å². The Bertz CT molecular complexity index is 507. The Morgan fingerprint density at radius 2 is 2.40 bits per heavy atom. The molecule has 2 rings (SSSR count). The van der Waals surface area contributed by atoms with Crippen molar-refractivity contribution in [3.8, 4) is 12.1 Å². The Hall–Kier alpha value is -1.85. The van der Waals surface area contributed by atoms with Gasteiger partial charge >= 0.3 is 0 Å². The lowest BCUT2D eigenvalue weighted by Crippen LogP contribution is -2.34. The fraction of sp³-hybridized carbons (Fsp3) is 0.667. The second-order valence-corrected chi connectivity index (χ2v) is 5.64. The molecule has 0 aromatic carbocycles. The molecule has 0 unspecified atom stereocenters. The third-order valence-corrected chi connectivity index (χ3v) is 3.92. The van der Waals surface area contributed by atoms with Crippen molar-refractivity contribution in [1.29, 1.82) is 10.5 Å². The van der Waals surface area contributed by atoms with Crippen molar-refractivity contribution in [3.63, 3.8) is 0 Å². The van der Waals surface area contributed by atoms with Crippen LogP contribution in [-0.4, -0.2) is 34.6 Å². The van der Waals surface area contributed by atoms with Gasteiger partial charge in [-0.3, -0.25) is 0 Å². The Balaban J connectivity index is 1.79. The average molecular weight is 271 g/mol. The molecule has 2 heterocycles. The highest BCUT2D eigenvalue weighted by Crippen LogP contribution is 2.20. The summed E-state index contributed by atoms with van der Waals surface area (Å²) in [6, 6.07) is 4.42. The quantitative estimate of drug-likeness (QED) is 0.791. The zero-order chi connectivity index (χ0) is 14.4. The minimum absolute atomic E-state index is 0.0351. The van der Waals surface area contributed by atoms with Crippen molar-refractivity contribution in [2.45, 2.75) is 32.2 Å². The molecule has 0 saturated heterocycles. The molecule has 0 fully saturated rings. The number of hydrogen-bond acceptors (Lipinski definition) is 4. The highest BCUT2D eigenvalue weighted by atomic mass is 15.1. The van der Waals surface area contributed by atoms with Crippen LogP contribution in [0.5, 0.6) is 0 Å². The van der Waals surface area contributed by atoms with Crippen LogP contribution in [-0.2, 0) is 13.0 Å². The van der Waals surface area contributed by atoms with E-state index in [9.17, 15) is 0 Å². The minimum atomic E-state index is -0.0351. The Kier molecular flexibility index (Phi) is 5.15. The maximum Gasteiger partial charge on any atom is 0.108 e. The highest BCUT2D eigenvalue weighted by molar-refractivity contribution is 4.97. The minimum Gasteiger partial charge on any atom is -0.335 e. The van der Waals surface area contributed by atoms with E-state index in [0.717, 1.165) is 32.5 Å². The van der Waals surface area contributed by atoms with Crippen molar-refractivity contribution in [3.05, 3.63) is 18.2 Å². The maximum absolute atomic E-state index is 9.11. The number of aromatic nitrogens is 2. The van der Waals surface area contributed by atoms with Crippen molar-refractivity contribution < 1.29 is 0 Å². The maximum atomic E-state index is 9.11. The smallest absolute Gasteiger partial charge is 0.108 e. The first-order chi connectivity index (χ1) is 9.72. The van der Waals surface area contributed by atoms with E-state index >= 15 is 0 Å². The lowest BCUT2D eigenvalue weighted by molar-refractivity contribution is 0.218. The first kappa shape index (κ1) is 14.6. The molecular formula is C15H21N5. The Morgan fingerprint density at radius 3 is 3.15 bits per heavy atom. The van der Waals surface area contributed by atoms with E-state index in [1.54, 1.807) is 0 Å². The largest absolute Gasteiger partial charge is 0.335 e. The van der Waals surface area contributed by atoms with Crippen LogP contribution in [0.1, 0.15) is 25.1 Å². The fourth-order valence-corrected chi connectivity index (χ4v) is 2.91. The van der Waals surface area contributed by atoms with Crippen molar-refractivity contribution in [2.24, 2.45) is 11.8 Å². The highest BCUT2D eigenvalue weighted by Gasteiger charge is 2.21. The molecule has 1 aliphatic heterocycles. The summed E-state index contributed by atoms with van der Waals surface area (Å²) in [7, 11) is 2.07. The second-order valence-electron chi connectivity index (χ2n) is 5.64. The van der Waals surface area contributed by atoms with E-state index in [-0.39, 0.29) is 5.92 Å². The average Bonchev–Trinajstić information content (AvgIpc) is 2.90. The summed E-state index contributed by atoms with van der Waals surface area (Å²) in [5.41, 5.74) is 0. The molecule has 0 bridgehead atoms. The fourth-order valence-electron chi connectivity index (χ4n) is 2.91. The molecule has 0 amide bonds. The summed E-state index contributed by atoms with van der Waals surface area (Å²) in [4.78, 5) is 6.58. The second kappa shape index (κ2) is 7.07. The van der Waals surface area contributed by atoms with E-state index in [4.69, 9.17) is 10.5 Å². The summed E-state index contributed by atoms with van der Waals surface area (Å²) in [5.74, 6) is 1.77. The van der Waals surface area contributed by atoms with Crippen LogP contribution in [0.15, 0.2) is 12.4 Å². The zero-order valence-corrected chi connectivity index (χ0v) is 12.0. The molecule has 1 aromatic heterocycles. The number of nitrogens with zero attached hydrogens (tertiary/aromatic N) is 5. The van der Waals surface area contributed by atoms with Gasteiger partial charge in [-0.15, -0.1) is 0 Å². The van der Waals surface area contributed by atoms with Gasteiger partial charge in [0, 0.05) is 44.9 Å². The van der Waals surface area contributed by atoms with Crippen LogP contribution in [0.2, 0.25) is 0 Å². The first-order valence-corrected chi connectivity index (χ1v) is 7.18. The monoisotopic (exact) mass is 271 g/mol. The lowest BCUT2D eigenvalue weighted by Gasteiger charge is -2.29. The molecule has 106 valence electrons.